The first-order valence-corrected chi connectivity index (χ1v) is 6.62. The van der Waals surface area contributed by atoms with Gasteiger partial charge in [-0.2, -0.15) is 5.26 Å². The molecule has 0 fully saturated rings. The van der Waals surface area contributed by atoms with Crippen LogP contribution in [0.25, 0.3) is 0 Å². The van der Waals surface area contributed by atoms with Crippen LogP contribution >= 0.6 is 0 Å². The summed E-state index contributed by atoms with van der Waals surface area (Å²) in [6, 6.07) is 7.71. The van der Waals surface area contributed by atoms with E-state index in [0.717, 1.165) is 5.56 Å². The normalized spacial score (nSPS) is 10.2. The van der Waals surface area contributed by atoms with Crippen LogP contribution < -0.4 is 9.47 Å². The molecule has 21 heavy (non-hydrogen) atoms. The van der Waals surface area contributed by atoms with E-state index in [0.29, 0.717) is 31.0 Å². The molecule has 0 saturated carbocycles. The van der Waals surface area contributed by atoms with Gasteiger partial charge in [-0.15, -0.1) is 0 Å². The van der Waals surface area contributed by atoms with Crippen LogP contribution in [0.15, 0.2) is 18.2 Å². The summed E-state index contributed by atoms with van der Waals surface area (Å²) >= 11 is 0. The summed E-state index contributed by atoms with van der Waals surface area (Å²) in [4.78, 5) is 12.4. The average molecular weight is 292 g/mol. The second kappa shape index (κ2) is 8.82. The molecule has 0 amide bonds. The molecule has 114 valence electrons. The van der Waals surface area contributed by atoms with Crippen molar-refractivity contribution in [3.8, 4) is 17.6 Å². The van der Waals surface area contributed by atoms with Crippen molar-refractivity contribution in [3.63, 3.8) is 0 Å². The zero-order chi connectivity index (χ0) is 15.7. The van der Waals surface area contributed by atoms with Crippen LogP contribution in [0.5, 0.6) is 11.5 Å². The lowest BCUT2D eigenvalue weighted by molar-refractivity contribution is -0.137. The van der Waals surface area contributed by atoms with Gasteiger partial charge < -0.3 is 14.6 Å². The second-order valence-electron chi connectivity index (χ2n) is 4.52. The van der Waals surface area contributed by atoms with Crippen LogP contribution in [0.1, 0.15) is 12.0 Å². The fourth-order valence-corrected chi connectivity index (χ4v) is 1.95. The Labute approximate surface area is 124 Å². The zero-order valence-electron chi connectivity index (χ0n) is 12.3. The van der Waals surface area contributed by atoms with Gasteiger partial charge in [-0.1, -0.05) is 6.07 Å². The fraction of sp³-hybridized carbons (Fsp3) is 0.467. The molecule has 6 nitrogen and oxygen atoms in total. The zero-order valence-corrected chi connectivity index (χ0v) is 12.3. The van der Waals surface area contributed by atoms with Crippen LogP contribution in [0.3, 0.4) is 0 Å². The molecule has 6 heteroatoms. The highest BCUT2D eigenvalue weighted by Crippen LogP contribution is 2.27. The third kappa shape index (κ3) is 5.71. The molecule has 0 heterocycles. The Bertz CT molecular complexity index is 511. The fourth-order valence-electron chi connectivity index (χ4n) is 1.95. The van der Waals surface area contributed by atoms with E-state index < -0.39 is 5.97 Å². The summed E-state index contributed by atoms with van der Waals surface area (Å²) in [6.07, 6.45) is 0.745. The van der Waals surface area contributed by atoms with Crippen molar-refractivity contribution in [1.82, 2.24) is 4.90 Å². The van der Waals surface area contributed by atoms with Gasteiger partial charge in [0.2, 0.25) is 0 Å². The highest BCUT2D eigenvalue weighted by atomic mass is 16.5. The maximum absolute atomic E-state index is 10.6. The standard InChI is InChI=1S/C15H20N2O4/c1-20-13-4-3-12(11-14(13)21-2)5-8-17(10-7-16)9-6-15(18)19/h3-4,11H,5-6,8-10H2,1-2H3,(H,18,19). The molecule has 1 N–H and O–H groups in total. The topological polar surface area (TPSA) is 82.8 Å². The third-order valence-electron chi connectivity index (χ3n) is 3.10. The molecule has 0 atom stereocenters. The first-order chi connectivity index (χ1) is 10.1. The second-order valence-corrected chi connectivity index (χ2v) is 4.52. The molecule has 1 rings (SSSR count). The Morgan fingerprint density at radius 3 is 2.57 bits per heavy atom. The molecule has 0 unspecified atom stereocenters. The van der Waals surface area contributed by atoms with E-state index in [1.807, 2.05) is 23.1 Å². The van der Waals surface area contributed by atoms with Crippen molar-refractivity contribution in [1.29, 1.82) is 5.26 Å². The summed E-state index contributed by atoms with van der Waals surface area (Å²) in [7, 11) is 3.16. The van der Waals surface area contributed by atoms with Gasteiger partial charge in [0.15, 0.2) is 11.5 Å². The Balaban J connectivity index is 2.62. The maximum Gasteiger partial charge on any atom is 0.304 e. The summed E-state index contributed by atoms with van der Waals surface area (Å²) in [5.74, 6) is 0.470. The van der Waals surface area contributed by atoms with E-state index in [1.165, 1.54) is 0 Å². The molecule has 0 bridgehead atoms. The number of hydrogen-bond acceptors (Lipinski definition) is 5. The van der Waals surface area contributed by atoms with E-state index in [1.54, 1.807) is 14.2 Å². The van der Waals surface area contributed by atoms with Gasteiger partial charge in [0.1, 0.15) is 0 Å². The number of carbonyl (C=O) groups is 1. The van der Waals surface area contributed by atoms with Gasteiger partial charge in [0.05, 0.1) is 33.3 Å². The van der Waals surface area contributed by atoms with Gasteiger partial charge in [0.25, 0.3) is 0 Å². The molecular weight excluding hydrogens is 272 g/mol. The highest BCUT2D eigenvalue weighted by molar-refractivity contribution is 5.66. The number of nitrogens with zero attached hydrogens (tertiary/aromatic N) is 2. The van der Waals surface area contributed by atoms with E-state index in [4.69, 9.17) is 19.8 Å². The lowest BCUT2D eigenvalue weighted by atomic mass is 10.1. The van der Waals surface area contributed by atoms with E-state index in [9.17, 15) is 4.79 Å². The quantitative estimate of drug-likeness (QED) is 0.695. The molecule has 0 spiro atoms. The number of hydrogen-bond donors (Lipinski definition) is 1. The van der Waals surface area contributed by atoms with Crippen molar-refractivity contribution >= 4 is 5.97 Å². The van der Waals surface area contributed by atoms with E-state index in [-0.39, 0.29) is 13.0 Å². The SMILES string of the molecule is COc1ccc(CCN(CC#N)CCC(=O)O)cc1OC. The molecule has 0 aliphatic heterocycles. The van der Waals surface area contributed by atoms with Gasteiger partial charge in [-0.3, -0.25) is 9.69 Å². The predicted octanol–water partition coefficient (Wildman–Crippen LogP) is 1.55. The van der Waals surface area contributed by atoms with Crippen LogP contribution in [0, 0.1) is 11.3 Å². The van der Waals surface area contributed by atoms with E-state index >= 15 is 0 Å². The number of nitriles is 1. The molecule has 0 aliphatic carbocycles. The van der Waals surface area contributed by atoms with Crippen LogP contribution in [-0.4, -0.2) is 49.8 Å². The molecule has 1 aromatic rings. The van der Waals surface area contributed by atoms with Gasteiger partial charge >= 0.3 is 5.97 Å². The smallest absolute Gasteiger partial charge is 0.304 e. The minimum Gasteiger partial charge on any atom is -0.493 e. The monoisotopic (exact) mass is 292 g/mol. The van der Waals surface area contributed by atoms with Crippen LogP contribution in [0.4, 0.5) is 0 Å². The van der Waals surface area contributed by atoms with Crippen molar-refractivity contribution in [2.75, 3.05) is 33.9 Å². The number of ether oxygens (including phenoxy) is 2. The van der Waals surface area contributed by atoms with Crippen molar-refractivity contribution in [2.24, 2.45) is 0 Å². The molecular formula is C15H20N2O4. The molecule has 0 saturated heterocycles. The minimum atomic E-state index is -0.857. The summed E-state index contributed by atoms with van der Waals surface area (Å²) < 4.78 is 10.4. The van der Waals surface area contributed by atoms with Gasteiger partial charge in [0, 0.05) is 13.1 Å². The first kappa shape index (κ1) is 16.8. The summed E-state index contributed by atoms with van der Waals surface area (Å²) in [6.45, 7) is 1.22. The molecule has 0 aliphatic rings. The van der Waals surface area contributed by atoms with Gasteiger partial charge in [-0.25, -0.2) is 0 Å². The Kier molecular flexibility index (Phi) is 7.05. The number of carboxylic acid groups (broad SMARTS) is 1. The van der Waals surface area contributed by atoms with Crippen molar-refractivity contribution < 1.29 is 19.4 Å². The minimum absolute atomic E-state index is 0.0353. The van der Waals surface area contributed by atoms with E-state index in [2.05, 4.69) is 6.07 Å². The molecule has 0 aromatic heterocycles. The number of aliphatic carboxylic acids is 1. The third-order valence-corrected chi connectivity index (χ3v) is 3.10. The number of methoxy groups -OCH3 is 2. The maximum atomic E-state index is 10.6. The predicted molar refractivity (Wildman–Crippen MR) is 77.6 cm³/mol. The number of benzene rings is 1. The Hall–Kier alpha value is -2.26. The lowest BCUT2D eigenvalue weighted by Gasteiger charge is -2.18. The van der Waals surface area contributed by atoms with Crippen LogP contribution in [-0.2, 0) is 11.2 Å². The molecule has 1 aromatic carbocycles. The van der Waals surface area contributed by atoms with Crippen molar-refractivity contribution in [3.05, 3.63) is 23.8 Å². The van der Waals surface area contributed by atoms with Crippen molar-refractivity contribution in [2.45, 2.75) is 12.8 Å². The summed E-state index contributed by atoms with van der Waals surface area (Å²) in [5, 5.41) is 17.5. The van der Waals surface area contributed by atoms with Gasteiger partial charge in [-0.05, 0) is 24.1 Å². The Morgan fingerprint density at radius 1 is 1.29 bits per heavy atom. The first-order valence-electron chi connectivity index (χ1n) is 6.62. The lowest BCUT2D eigenvalue weighted by Crippen LogP contribution is -2.29. The number of carboxylic acids is 1. The van der Waals surface area contributed by atoms with Crippen LogP contribution in [0.2, 0.25) is 0 Å². The largest absolute Gasteiger partial charge is 0.493 e. The Morgan fingerprint density at radius 2 is 2.00 bits per heavy atom. The number of rotatable bonds is 9. The summed E-state index contributed by atoms with van der Waals surface area (Å²) in [5.41, 5.74) is 1.05. The highest BCUT2D eigenvalue weighted by Gasteiger charge is 2.09. The molecule has 0 radical (unpaired) electrons. The average Bonchev–Trinajstić information content (AvgIpc) is 2.49.